The van der Waals surface area contributed by atoms with E-state index < -0.39 is 0 Å². The van der Waals surface area contributed by atoms with Crippen molar-refractivity contribution in [1.29, 1.82) is 0 Å². The Morgan fingerprint density at radius 2 is 1.57 bits per heavy atom. The Morgan fingerprint density at radius 3 is 2.00 bits per heavy atom. The monoisotopic (exact) mass is 214 g/mol. The second kappa shape index (κ2) is 3.83. The molecule has 0 radical (unpaired) electrons. The summed E-state index contributed by atoms with van der Waals surface area (Å²) in [4.78, 5) is 0. The van der Waals surface area contributed by atoms with Gasteiger partial charge in [-0.1, -0.05) is 6.08 Å². The molecule has 1 aliphatic rings. The number of hydrogen-bond donors (Lipinski definition) is 0. The van der Waals surface area contributed by atoms with E-state index in [0.29, 0.717) is 0 Å². The second-order valence-corrected chi connectivity index (χ2v) is 7.03. The first kappa shape index (κ1) is 12.0. The van der Waals surface area contributed by atoms with Crippen molar-refractivity contribution < 1.29 is 0 Å². The minimum atomic E-state index is 0.235. The van der Waals surface area contributed by atoms with Crippen LogP contribution in [-0.2, 0) is 0 Å². The predicted molar refractivity (Wildman–Crippen MR) is 65.5 cm³/mol. The SMILES string of the molecule is CC(C)(C)N1C=CCN(C(C)(C)C)P1. The molecule has 1 heterocycles. The van der Waals surface area contributed by atoms with Crippen LogP contribution in [0.3, 0.4) is 0 Å². The summed E-state index contributed by atoms with van der Waals surface area (Å²) >= 11 is 0. The van der Waals surface area contributed by atoms with Crippen LogP contribution >= 0.6 is 8.88 Å². The van der Waals surface area contributed by atoms with Gasteiger partial charge in [0.2, 0.25) is 0 Å². The van der Waals surface area contributed by atoms with Crippen molar-refractivity contribution >= 4 is 8.88 Å². The van der Waals surface area contributed by atoms with Crippen LogP contribution in [-0.4, -0.2) is 27.0 Å². The Labute approximate surface area is 90.2 Å². The van der Waals surface area contributed by atoms with Gasteiger partial charge in [-0.3, -0.25) is 4.67 Å². The van der Waals surface area contributed by atoms with Crippen LogP contribution in [0.5, 0.6) is 0 Å². The maximum atomic E-state index is 2.51. The molecule has 3 heteroatoms. The maximum absolute atomic E-state index is 2.51. The summed E-state index contributed by atoms with van der Waals surface area (Å²) in [5.74, 6) is 0. The van der Waals surface area contributed by atoms with Crippen molar-refractivity contribution in [1.82, 2.24) is 9.34 Å². The van der Waals surface area contributed by atoms with E-state index in [1.807, 2.05) is 0 Å². The van der Waals surface area contributed by atoms with Crippen LogP contribution in [0.25, 0.3) is 0 Å². The highest BCUT2D eigenvalue weighted by Gasteiger charge is 2.28. The number of nitrogens with zero attached hydrogens (tertiary/aromatic N) is 2. The molecule has 0 aromatic rings. The Kier molecular flexibility index (Phi) is 3.28. The lowest BCUT2D eigenvalue weighted by Gasteiger charge is -2.45. The van der Waals surface area contributed by atoms with Gasteiger partial charge < -0.3 is 4.67 Å². The predicted octanol–water partition coefficient (Wildman–Crippen LogP) is 3.22. The van der Waals surface area contributed by atoms with Crippen LogP contribution in [0, 0.1) is 0 Å². The topological polar surface area (TPSA) is 6.48 Å². The summed E-state index contributed by atoms with van der Waals surface area (Å²) in [7, 11) is 0.767. The number of rotatable bonds is 0. The third kappa shape index (κ3) is 2.96. The van der Waals surface area contributed by atoms with Crippen molar-refractivity contribution in [3.63, 3.8) is 0 Å². The fourth-order valence-electron chi connectivity index (χ4n) is 1.26. The molecule has 1 aliphatic heterocycles. The van der Waals surface area contributed by atoms with Gasteiger partial charge in [-0.15, -0.1) is 0 Å². The summed E-state index contributed by atoms with van der Waals surface area (Å²) in [5, 5.41) is 0. The van der Waals surface area contributed by atoms with E-state index >= 15 is 0 Å². The van der Waals surface area contributed by atoms with Crippen molar-refractivity contribution in [3.05, 3.63) is 12.3 Å². The first-order chi connectivity index (χ1) is 6.21. The van der Waals surface area contributed by atoms with Gasteiger partial charge in [0.1, 0.15) is 0 Å². The third-order valence-electron chi connectivity index (χ3n) is 2.30. The second-order valence-electron chi connectivity index (χ2n) is 5.81. The van der Waals surface area contributed by atoms with Gasteiger partial charge in [0.05, 0.1) is 8.88 Å². The Morgan fingerprint density at radius 1 is 1.00 bits per heavy atom. The van der Waals surface area contributed by atoms with Gasteiger partial charge in [0.15, 0.2) is 0 Å². The molecule has 0 aromatic carbocycles. The molecule has 1 rings (SSSR count). The van der Waals surface area contributed by atoms with Gasteiger partial charge in [0.25, 0.3) is 0 Å². The van der Waals surface area contributed by atoms with Gasteiger partial charge in [-0.05, 0) is 41.5 Å². The van der Waals surface area contributed by atoms with Crippen molar-refractivity contribution in [2.45, 2.75) is 52.6 Å². The lowest BCUT2D eigenvalue weighted by atomic mass is 10.1. The summed E-state index contributed by atoms with van der Waals surface area (Å²) in [6.45, 7) is 14.7. The fraction of sp³-hybridized carbons (Fsp3) is 0.818. The standard InChI is InChI=1S/C11H23N2P/c1-10(2,3)12-8-7-9-13(14-12)11(4,5)6/h7-8,14H,9H2,1-6H3. The zero-order valence-electron chi connectivity index (χ0n) is 10.3. The lowest BCUT2D eigenvalue weighted by molar-refractivity contribution is 0.245. The van der Waals surface area contributed by atoms with E-state index in [0.717, 1.165) is 15.4 Å². The lowest BCUT2D eigenvalue weighted by Crippen LogP contribution is -2.43. The molecule has 14 heavy (non-hydrogen) atoms. The average molecular weight is 214 g/mol. The van der Waals surface area contributed by atoms with Crippen molar-refractivity contribution in [2.24, 2.45) is 0 Å². The third-order valence-corrected chi connectivity index (χ3v) is 4.43. The maximum Gasteiger partial charge on any atom is 0.0525 e. The van der Waals surface area contributed by atoms with Crippen LogP contribution in [0.2, 0.25) is 0 Å². The highest BCUT2D eigenvalue weighted by atomic mass is 31.1. The van der Waals surface area contributed by atoms with Crippen LogP contribution in [0.1, 0.15) is 41.5 Å². The van der Waals surface area contributed by atoms with Crippen LogP contribution < -0.4 is 0 Å². The minimum absolute atomic E-state index is 0.235. The normalized spacial score (nSPS) is 22.0. The largest absolute Gasteiger partial charge is 0.342 e. The fourth-order valence-corrected chi connectivity index (χ4v) is 2.48. The molecule has 0 N–H and O–H groups in total. The Hall–Kier alpha value is -0.0700. The van der Waals surface area contributed by atoms with E-state index in [2.05, 4.69) is 63.2 Å². The smallest absolute Gasteiger partial charge is 0.0525 e. The Balaban J connectivity index is 2.71. The molecule has 82 valence electrons. The molecule has 1 atom stereocenters. The zero-order valence-corrected chi connectivity index (χ0v) is 11.3. The minimum Gasteiger partial charge on any atom is -0.342 e. The molecule has 2 nitrogen and oxygen atoms in total. The van der Waals surface area contributed by atoms with Gasteiger partial charge in [0, 0.05) is 23.8 Å². The molecule has 0 amide bonds. The summed E-state index contributed by atoms with van der Waals surface area (Å²) in [5.41, 5.74) is 0.506. The average Bonchev–Trinajstić information content (AvgIpc) is 2.01. The van der Waals surface area contributed by atoms with E-state index in [9.17, 15) is 0 Å². The molecule has 0 fully saturated rings. The summed E-state index contributed by atoms with van der Waals surface area (Å²) < 4.78 is 4.93. The van der Waals surface area contributed by atoms with E-state index in [4.69, 9.17) is 0 Å². The molecular formula is C11H23N2P. The molecule has 0 saturated heterocycles. The van der Waals surface area contributed by atoms with Crippen molar-refractivity contribution in [2.75, 3.05) is 6.54 Å². The van der Waals surface area contributed by atoms with E-state index in [-0.39, 0.29) is 11.1 Å². The summed E-state index contributed by atoms with van der Waals surface area (Å²) in [6.07, 6.45) is 4.49. The number of hydrogen-bond acceptors (Lipinski definition) is 2. The molecule has 0 aliphatic carbocycles. The van der Waals surface area contributed by atoms with Crippen molar-refractivity contribution in [3.8, 4) is 0 Å². The van der Waals surface area contributed by atoms with Crippen LogP contribution in [0.4, 0.5) is 0 Å². The molecular weight excluding hydrogens is 191 g/mol. The zero-order chi connectivity index (χ0) is 11.0. The molecule has 0 spiro atoms. The molecule has 0 saturated carbocycles. The first-order valence-electron chi connectivity index (χ1n) is 5.21. The quantitative estimate of drug-likeness (QED) is 0.571. The molecule has 1 unspecified atom stereocenters. The molecule has 0 bridgehead atoms. The highest BCUT2D eigenvalue weighted by Crippen LogP contribution is 2.39. The molecule has 0 aromatic heterocycles. The van der Waals surface area contributed by atoms with E-state index in [1.54, 1.807) is 0 Å². The first-order valence-corrected chi connectivity index (χ1v) is 6.10. The Bertz CT molecular complexity index is 222. The van der Waals surface area contributed by atoms with Gasteiger partial charge >= 0.3 is 0 Å². The highest BCUT2D eigenvalue weighted by molar-refractivity contribution is 7.32. The van der Waals surface area contributed by atoms with E-state index in [1.165, 1.54) is 0 Å². The summed E-state index contributed by atoms with van der Waals surface area (Å²) in [6, 6.07) is 0. The van der Waals surface area contributed by atoms with Gasteiger partial charge in [-0.2, -0.15) is 0 Å². The van der Waals surface area contributed by atoms with Gasteiger partial charge in [-0.25, -0.2) is 0 Å². The van der Waals surface area contributed by atoms with Crippen LogP contribution in [0.15, 0.2) is 12.3 Å².